The third-order valence-electron chi connectivity index (χ3n) is 6.29. The van der Waals surface area contributed by atoms with Gasteiger partial charge in [0.05, 0.1) is 12.4 Å². The van der Waals surface area contributed by atoms with Gasteiger partial charge in [0, 0.05) is 19.6 Å². The van der Waals surface area contributed by atoms with Gasteiger partial charge in [-0.15, -0.1) is 0 Å². The highest BCUT2D eigenvalue weighted by Gasteiger charge is 2.46. The SMILES string of the molecule is COc1cccc(CN2CC[C@@H]3CN(CCc4ccccc4)S(=O)(=O)[C@@H]3CC2)c1. The topological polar surface area (TPSA) is 49.9 Å². The zero-order valence-electron chi connectivity index (χ0n) is 17.0. The minimum absolute atomic E-state index is 0.228. The van der Waals surface area contributed by atoms with Gasteiger partial charge in [-0.05, 0) is 61.5 Å². The van der Waals surface area contributed by atoms with Gasteiger partial charge in [0.25, 0.3) is 0 Å². The molecule has 0 aromatic heterocycles. The maximum atomic E-state index is 13.1. The number of fused-ring (bicyclic) bond motifs is 1. The summed E-state index contributed by atoms with van der Waals surface area (Å²) in [5, 5.41) is -0.228. The fraction of sp³-hybridized carbons (Fsp3) is 0.478. The predicted octanol–water partition coefficient (Wildman–Crippen LogP) is 3.16. The highest BCUT2D eigenvalue weighted by atomic mass is 32.2. The van der Waals surface area contributed by atoms with E-state index in [1.165, 1.54) is 11.1 Å². The maximum absolute atomic E-state index is 13.1. The van der Waals surface area contributed by atoms with Crippen LogP contribution < -0.4 is 4.74 Å². The van der Waals surface area contributed by atoms with Crippen molar-refractivity contribution in [2.75, 3.05) is 33.3 Å². The van der Waals surface area contributed by atoms with Crippen molar-refractivity contribution in [1.29, 1.82) is 0 Å². The first-order valence-corrected chi connectivity index (χ1v) is 11.9. The molecule has 2 heterocycles. The highest BCUT2D eigenvalue weighted by molar-refractivity contribution is 7.90. The minimum atomic E-state index is -3.20. The van der Waals surface area contributed by atoms with Crippen LogP contribution in [0.3, 0.4) is 0 Å². The third-order valence-corrected chi connectivity index (χ3v) is 8.72. The number of benzene rings is 2. The van der Waals surface area contributed by atoms with Crippen molar-refractivity contribution in [2.45, 2.75) is 31.1 Å². The van der Waals surface area contributed by atoms with E-state index in [-0.39, 0.29) is 11.2 Å². The number of hydrogen-bond acceptors (Lipinski definition) is 4. The first-order valence-electron chi connectivity index (χ1n) is 10.4. The number of hydrogen-bond donors (Lipinski definition) is 0. The van der Waals surface area contributed by atoms with Gasteiger partial charge in [-0.3, -0.25) is 4.90 Å². The summed E-state index contributed by atoms with van der Waals surface area (Å²) in [5.41, 5.74) is 2.41. The van der Waals surface area contributed by atoms with Crippen molar-refractivity contribution in [3.8, 4) is 5.75 Å². The molecule has 0 bridgehead atoms. The van der Waals surface area contributed by atoms with Gasteiger partial charge < -0.3 is 4.74 Å². The zero-order valence-corrected chi connectivity index (χ0v) is 17.9. The van der Waals surface area contributed by atoms with Crippen LogP contribution in [0.1, 0.15) is 24.0 Å². The minimum Gasteiger partial charge on any atom is -0.497 e. The Balaban J connectivity index is 1.37. The van der Waals surface area contributed by atoms with Crippen LogP contribution in [0.25, 0.3) is 0 Å². The number of rotatable bonds is 6. The molecular formula is C23H30N2O3S. The van der Waals surface area contributed by atoms with Crippen LogP contribution in [-0.4, -0.2) is 56.2 Å². The Morgan fingerprint density at radius 2 is 1.76 bits per heavy atom. The lowest BCUT2D eigenvalue weighted by Crippen LogP contribution is -2.33. The van der Waals surface area contributed by atoms with Gasteiger partial charge in [-0.1, -0.05) is 42.5 Å². The predicted molar refractivity (Wildman–Crippen MR) is 115 cm³/mol. The van der Waals surface area contributed by atoms with Crippen LogP contribution in [0.5, 0.6) is 5.75 Å². The van der Waals surface area contributed by atoms with Crippen LogP contribution >= 0.6 is 0 Å². The summed E-state index contributed by atoms with van der Waals surface area (Å²) in [7, 11) is -1.52. The molecule has 5 nitrogen and oxygen atoms in total. The van der Waals surface area contributed by atoms with Crippen molar-refractivity contribution < 1.29 is 13.2 Å². The summed E-state index contributed by atoms with van der Waals surface area (Å²) in [5.74, 6) is 1.11. The van der Waals surface area contributed by atoms with E-state index in [4.69, 9.17) is 4.74 Å². The third kappa shape index (κ3) is 4.65. The zero-order chi connectivity index (χ0) is 20.3. The molecule has 0 N–H and O–H groups in total. The van der Waals surface area contributed by atoms with E-state index in [0.717, 1.165) is 44.6 Å². The Labute approximate surface area is 174 Å². The van der Waals surface area contributed by atoms with Crippen LogP contribution in [-0.2, 0) is 23.0 Å². The fourth-order valence-electron chi connectivity index (χ4n) is 4.65. The van der Waals surface area contributed by atoms with E-state index in [0.29, 0.717) is 13.1 Å². The smallest absolute Gasteiger partial charge is 0.217 e. The number of methoxy groups -OCH3 is 1. The molecule has 0 radical (unpaired) electrons. The van der Waals surface area contributed by atoms with Crippen molar-refractivity contribution in [3.05, 3.63) is 65.7 Å². The average Bonchev–Trinajstić information content (AvgIpc) is 2.85. The van der Waals surface area contributed by atoms with E-state index in [9.17, 15) is 8.42 Å². The van der Waals surface area contributed by atoms with Crippen molar-refractivity contribution in [3.63, 3.8) is 0 Å². The Hall–Kier alpha value is -1.89. The lowest BCUT2D eigenvalue weighted by Gasteiger charge is -2.22. The Kier molecular flexibility index (Phi) is 6.23. The highest BCUT2D eigenvalue weighted by Crippen LogP contribution is 2.34. The summed E-state index contributed by atoms with van der Waals surface area (Å²) in [4.78, 5) is 2.39. The van der Waals surface area contributed by atoms with Gasteiger partial charge in [-0.2, -0.15) is 0 Å². The van der Waals surface area contributed by atoms with Crippen LogP contribution in [0, 0.1) is 5.92 Å². The second kappa shape index (κ2) is 8.86. The van der Waals surface area contributed by atoms with Gasteiger partial charge >= 0.3 is 0 Å². The van der Waals surface area contributed by atoms with Crippen molar-refractivity contribution in [1.82, 2.24) is 9.21 Å². The summed E-state index contributed by atoms with van der Waals surface area (Å²) >= 11 is 0. The van der Waals surface area contributed by atoms with Gasteiger partial charge in [0.15, 0.2) is 0 Å². The standard InChI is InChI=1S/C23H30N2O3S/c1-28-22-9-5-8-20(16-22)17-24-13-11-21-18-25(29(26,27)23(21)12-14-24)15-10-19-6-3-2-4-7-19/h2-9,16,21,23H,10-15,17-18H2,1H3/t21-,23-/m1/s1. The molecule has 2 saturated heterocycles. The molecule has 2 fully saturated rings. The number of ether oxygens (including phenoxy) is 1. The number of sulfonamides is 1. The lowest BCUT2D eigenvalue weighted by molar-refractivity contribution is 0.267. The molecule has 0 saturated carbocycles. The Morgan fingerprint density at radius 1 is 1.00 bits per heavy atom. The molecule has 0 spiro atoms. The van der Waals surface area contributed by atoms with E-state index < -0.39 is 10.0 Å². The van der Waals surface area contributed by atoms with Crippen LogP contribution in [0.4, 0.5) is 0 Å². The summed E-state index contributed by atoms with van der Waals surface area (Å²) in [6, 6.07) is 18.3. The molecule has 0 amide bonds. The fourth-order valence-corrected chi connectivity index (χ4v) is 6.89. The van der Waals surface area contributed by atoms with Gasteiger partial charge in [0.2, 0.25) is 10.0 Å². The Morgan fingerprint density at radius 3 is 2.55 bits per heavy atom. The lowest BCUT2D eigenvalue weighted by atomic mass is 10.0. The molecule has 29 heavy (non-hydrogen) atoms. The molecule has 4 rings (SSSR count). The molecule has 2 aliphatic heterocycles. The van der Waals surface area contributed by atoms with Gasteiger partial charge in [-0.25, -0.2) is 12.7 Å². The molecule has 0 unspecified atom stereocenters. The number of nitrogens with zero attached hydrogens (tertiary/aromatic N) is 2. The monoisotopic (exact) mass is 414 g/mol. The first-order chi connectivity index (χ1) is 14.1. The van der Waals surface area contributed by atoms with Crippen LogP contribution in [0.2, 0.25) is 0 Å². The molecular weight excluding hydrogens is 384 g/mol. The quantitative estimate of drug-likeness (QED) is 0.729. The second-order valence-electron chi connectivity index (χ2n) is 8.14. The molecule has 6 heteroatoms. The molecule has 2 atom stereocenters. The van der Waals surface area contributed by atoms with E-state index in [1.54, 1.807) is 11.4 Å². The summed E-state index contributed by atoms with van der Waals surface area (Å²) in [6.07, 6.45) is 2.44. The van der Waals surface area contributed by atoms with E-state index in [1.807, 2.05) is 30.3 Å². The van der Waals surface area contributed by atoms with Gasteiger partial charge in [0.1, 0.15) is 5.75 Å². The van der Waals surface area contributed by atoms with Crippen LogP contribution in [0.15, 0.2) is 54.6 Å². The number of likely N-dealkylation sites (tertiary alicyclic amines) is 1. The largest absolute Gasteiger partial charge is 0.497 e. The van der Waals surface area contributed by atoms with E-state index in [2.05, 4.69) is 29.2 Å². The maximum Gasteiger partial charge on any atom is 0.217 e. The van der Waals surface area contributed by atoms with Crippen molar-refractivity contribution in [2.24, 2.45) is 5.92 Å². The Bertz CT molecular complexity index is 917. The summed E-state index contributed by atoms with van der Waals surface area (Å²) in [6.45, 7) is 3.87. The first kappa shape index (κ1) is 20.4. The van der Waals surface area contributed by atoms with Crippen molar-refractivity contribution >= 4 is 10.0 Å². The molecule has 156 valence electrons. The molecule has 2 aliphatic rings. The average molecular weight is 415 g/mol. The normalized spacial score (nSPS) is 24.7. The molecule has 2 aromatic rings. The summed E-state index contributed by atoms with van der Waals surface area (Å²) < 4.78 is 33.3. The van der Waals surface area contributed by atoms with E-state index >= 15 is 0 Å². The molecule has 2 aromatic carbocycles. The second-order valence-corrected chi connectivity index (χ2v) is 10.3. The molecule has 0 aliphatic carbocycles.